The Hall–Kier alpha value is -0.430. The minimum atomic E-state index is -3.39. The minimum absolute atomic E-state index is 0.211. The fourth-order valence-electron chi connectivity index (χ4n) is 1.32. The van der Waals surface area contributed by atoms with Crippen LogP contribution in [-0.2, 0) is 10.0 Å². The fraction of sp³-hybridized carbons (Fsp3) is 0.375. The molecule has 0 N–H and O–H groups in total. The third kappa shape index (κ3) is 2.23. The van der Waals surface area contributed by atoms with Crippen LogP contribution in [0.5, 0.6) is 0 Å². The summed E-state index contributed by atoms with van der Waals surface area (Å²) < 4.78 is 25.9. The third-order valence-electron chi connectivity index (χ3n) is 2.07. The van der Waals surface area contributed by atoms with E-state index in [1.54, 1.807) is 0 Å². The minimum Gasteiger partial charge on any atom is -0.232 e. The first-order valence-electron chi connectivity index (χ1n) is 4.37. The molecular formula is C8H9ClN2O2S2. The summed E-state index contributed by atoms with van der Waals surface area (Å²) in [4.78, 5) is 3.74. The first-order chi connectivity index (χ1) is 7.10. The molecule has 1 aromatic heterocycles. The maximum absolute atomic E-state index is 12.0. The number of hydrogen-bond acceptors (Lipinski definition) is 4. The molecule has 1 aromatic rings. The third-order valence-corrected chi connectivity index (χ3v) is 5.49. The Kier molecular flexibility index (Phi) is 3.11. The van der Waals surface area contributed by atoms with Crippen LogP contribution < -0.4 is 0 Å². The lowest BCUT2D eigenvalue weighted by atomic mass is 10.3. The summed E-state index contributed by atoms with van der Waals surface area (Å²) in [7, 11) is -3.39. The Morgan fingerprint density at radius 2 is 2.27 bits per heavy atom. The summed E-state index contributed by atoms with van der Waals surface area (Å²) in [6.07, 6.45) is 5.89. The molecule has 0 aliphatic carbocycles. The van der Waals surface area contributed by atoms with Gasteiger partial charge in [-0.15, -0.1) is 0 Å². The van der Waals surface area contributed by atoms with Gasteiger partial charge in [-0.1, -0.05) is 35.1 Å². The lowest BCUT2D eigenvalue weighted by molar-refractivity contribution is 0.439. The second-order valence-corrected chi connectivity index (χ2v) is 6.83. The van der Waals surface area contributed by atoms with E-state index in [2.05, 4.69) is 4.98 Å². The quantitative estimate of drug-likeness (QED) is 0.765. The zero-order valence-electron chi connectivity index (χ0n) is 7.76. The van der Waals surface area contributed by atoms with Crippen molar-refractivity contribution in [3.05, 3.63) is 22.8 Å². The molecule has 0 fully saturated rings. The molecule has 1 aliphatic rings. The maximum atomic E-state index is 12.0. The number of hydrogen-bond donors (Lipinski definition) is 0. The SMILES string of the molecule is O=S(=O)(c1cnc(Cl)s1)N1CC=CCC1. The number of aromatic nitrogens is 1. The van der Waals surface area contributed by atoms with Gasteiger partial charge in [0.25, 0.3) is 10.0 Å². The Balaban J connectivity index is 2.30. The van der Waals surface area contributed by atoms with Crippen LogP contribution in [0, 0.1) is 0 Å². The van der Waals surface area contributed by atoms with Gasteiger partial charge >= 0.3 is 0 Å². The predicted molar refractivity (Wildman–Crippen MR) is 59.6 cm³/mol. The zero-order chi connectivity index (χ0) is 10.9. The molecule has 15 heavy (non-hydrogen) atoms. The largest absolute Gasteiger partial charge is 0.254 e. The molecule has 2 rings (SSSR count). The standard InChI is InChI=1S/C8H9ClN2O2S2/c9-8-10-6-7(14-8)15(12,13)11-4-2-1-3-5-11/h1-2,6H,3-5H2. The van der Waals surface area contributed by atoms with Crippen molar-refractivity contribution in [1.82, 2.24) is 9.29 Å². The predicted octanol–water partition coefficient (Wildman–Crippen LogP) is 1.75. The van der Waals surface area contributed by atoms with Gasteiger partial charge in [0.2, 0.25) is 0 Å². The van der Waals surface area contributed by atoms with E-state index in [0.717, 1.165) is 17.8 Å². The molecule has 0 saturated heterocycles. The monoisotopic (exact) mass is 264 g/mol. The molecule has 7 heteroatoms. The van der Waals surface area contributed by atoms with Gasteiger partial charge in [0.05, 0.1) is 6.20 Å². The van der Waals surface area contributed by atoms with Crippen LogP contribution in [0.1, 0.15) is 6.42 Å². The number of nitrogens with zero attached hydrogens (tertiary/aromatic N) is 2. The van der Waals surface area contributed by atoms with E-state index >= 15 is 0 Å². The van der Waals surface area contributed by atoms with Gasteiger partial charge in [0.15, 0.2) is 8.68 Å². The van der Waals surface area contributed by atoms with E-state index < -0.39 is 10.0 Å². The smallest absolute Gasteiger partial charge is 0.232 e. The van der Waals surface area contributed by atoms with Crippen molar-refractivity contribution in [1.29, 1.82) is 0 Å². The van der Waals surface area contributed by atoms with Crippen LogP contribution in [-0.4, -0.2) is 30.8 Å². The van der Waals surface area contributed by atoms with Gasteiger partial charge in [0.1, 0.15) is 0 Å². The van der Waals surface area contributed by atoms with Crippen LogP contribution >= 0.6 is 22.9 Å². The van der Waals surface area contributed by atoms with E-state index in [9.17, 15) is 8.42 Å². The van der Waals surface area contributed by atoms with Crippen molar-refractivity contribution in [2.24, 2.45) is 0 Å². The van der Waals surface area contributed by atoms with E-state index in [-0.39, 0.29) is 8.68 Å². The van der Waals surface area contributed by atoms with E-state index in [4.69, 9.17) is 11.6 Å². The highest BCUT2D eigenvalue weighted by Gasteiger charge is 2.26. The Morgan fingerprint density at radius 3 is 2.80 bits per heavy atom. The average Bonchev–Trinajstić information content (AvgIpc) is 2.67. The maximum Gasteiger partial charge on any atom is 0.254 e. The molecule has 0 radical (unpaired) electrons. The highest BCUT2D eigenvalue weighted by molar-refractivity contribution is 7.91. The molecule has 1 aliphatic heterocycles. The molecule has 2 heterocycles. The lowest BCUT2D eigenvalue weighted by Gasteiger charge is -2.21. The van der Waals surface area contributed by atoms with Crippen LogP contribution in [0.2, 0.25) is 4.47 Å². The second kappa shape index (κ2) is 4.21. The van der Waals surface area contributed by atoms with Gasteiger partial charge in [-0.2, -0.15) is 4.31 Å². The Bertz CT molecular complexity index is 481. The van der Waals surface area contributed by atoms with E-state index in [0.29, 0.717) is 13.1 Å². The Labute approximate surface area is 97.2 Å². The number of sulfonamides is 1. The molecule has 0 unspecified atom stereocenters. The van der Waals surface area contributed by atoms with Crippen molar-refractivity contribution in [2.45, 2.75) is 10.6 Å². The molecule has 4 nitrogen and oxygen atoms in total. The van der Waals surface area contributed by atoms with Crippen LogP contribution in [0.25, 0.3) is 0 Å². The highest BCUT2D eigenvalue weighted by atomic mass is 35.5. The van der Waals surface area contributed by atoms with Crippen LogP contribution in [0.4, 0.5) is 0 Å². The number of thiazole rings is 1. The first kappa shape index (κ1) is 11.1. The van der Waals surface area contributed by atoms with Gasteiger partial charge < -0.3 is 0 Å². The summed E-state index contributed by atoms with van der Waals surface area (Å²) >= 11 is 6.60. The van der Waals surface area contributed by atoms with Crippen molar-refractivity contribution >= 4 is 33.0 Å². The highest BCUT2D eigenvalue weighted by Crippen LogP contribution is 2.26. The van der Waals surface area contributed by atoms with Gasteiger partial charge in [0, 0.05) is 13.1 Å². The van der Waals surface area contributed by atoms with Gasteiger partial charge in [-0.05, 0) is 6.42 Å². The lowest BCUT2D eigenvalue weighted by Crippen LogP contribution is -2.33. The molecule has 0 atom stereocenters. The first-order valence-corrected chi connectivity index (χ1v) is 7.00. The molecule has 0 spiro atoms. The number of rotatable bonds is 2. The fourth-order valence-corrected chi connectivity index (χ4v) is 4.18. The van der Waals surface area contributed by atoms with Crippen LogP contribution in [0.3, 0.4) is 0 Å². The van der Waals surface area contributed by atoms with E-state index in [1.807, 2.05) is 12.2 Å². The van der Waals surface area contributed by atoms with Gasteiger partial charge in [-0.3, -0.25) is 0 Å². The molecule has 0 aromatic carbocycles. The molecule has 0 amide bonds. The summed E-state index contributed by atoms with van der Waals surface area (Å²) in [6.45, 7) is 0.951. The summed E-state index contributed by atoms with van der Waals surface area (Å²) in [5.74, 6) is 0. The summed E-state index contributed by atoms with van der Waals surface area (Å²) in [6, 6.07) is 0. The van der Waals surface area contributed by atoms with Crippen molar-refractivity contribution in [2.75, 3.05) is 13.1 Å². The number of halogens is 1. The van der Waals surface area contributed by atoms with E-state index in [1.165, 1.54) is 10.5 Å². The topological polar surface area (TPSA) is 50.3 Å². The molecule has 0 saturated carbocycles. The zero-order valence-corrected chi connectivity index (χ0v) is 10.1. The molecule has 0 bridgehead atoms. The van der Waals surface area contributed by atoms with Crippen LogP contribution in [0.15, 0.2) is 22.6 Å². The van der Waals surface area contributed by atoms with Crippen molar-refractivity contribution < 1.29 is 8.42 Å². The average molecular weight is 265 g/mol. The van der Waals surface area contributed by atoms with Crippen molar-refractivity contribution in [3.63, 3.8) is 0 Å². The van der Waals surface area contributed by atoms with Gasteiger partial charge in [-0.25, -0.2) is 13.4 Å². The molecular weight excluding hydrogens is 256 g/mol. The summed E-state index contributed by atoms with van der Waals surface area (Å²) in [5.41, 5.74) is 0. The summed E-state index contributed by atoms with van der Waals surface area (Å²) in [5, 5.41) is 0. The molecule has 82 valence electrons. The second-order valence-electron chi connectivity index (χ2n) is 3.06. The Morgan fingerprint density at radius 1 is 1.47 bits per heavy atom. The normalized spacial score (nSPS) is 18.2. The van der Waals surface area contributed by atoms with Crippen molar-refractivity contribution in [3.8, 4) is 0 Å².